The molecule has 20 heavy (non-hydrogen) atoms. The smallest absolute Gasteiger partial charge is 0.242 e. The third-order valence-electron chi connectivity index (χ3n) is 2.91. The standard InChI is InChI=1S/C12H18N6O.ClH/c1-7(2)10(13)12(19)15-9-6-8(16-17-9)11-14-4-5-18(11)3;/h4-7,10H,13H2,1-3H3,(H2,15,16,17,19);1H/t10-;/m0./s1. The average molecular weight is 299 g/mol. The first kappa shape index (κ1) is 16.2. The van der Waals surface area contributed by atoms with Crippen molar-refractivity contribution in [2.24, 2.45) is 18.7 Å². The van der Waals surface area contributed by atoms with E-state index in [1.165, 1.54) is 0 Å². The molecule has 1 atom stereocenters. The number of carbonyl (C=O) groups excluding carboxylic acids is 1. The van der Waals surface area contributed by atoms with E-state index < -0.39 is 6.04 Å². The number of nitrogens with two attached hydrogens (primary N) is 1. The number of nitrogens with zero attached hydrogens (tertiary/aromatic N) is 3. The molecule has 4 N–H and O–H groups in total. The summed E-state index contributed by atoms with van der Waals surface area (Å²) in [7, 11) is 1.89. The Labute approximate surface area is 123 Å². The Balaban J connectivity index is 0.00000200. The number of aryl methyl sites for hydroxylation is 1. The lowest BCUT2D eigenvalue weighted by atomic mass is 10.1. The van der Waals surface area contributed by atoms with Crippen molar-refractivity contribution in [3.05, 3.63) is 18.5 Å². The summed E-state index contributed by atoms with van der Waals surface area (Å²) >= 11 is 0. The molecule has 0 spiro atoms. The summed E-state index contributed by atoms with van der Waals surface area (Å²) in [5, 5.41) is 9.54. The van der Waals surface area contributed by atoms with E-state index in [2.05, 4.69) is 20.5 Å². The minimum atomic E-state index is -0.548. The highest BCUT2D eigenvalue weighted by molar-refractivity contribution is 5.94. The molecule has 7 nitrogen and oxygen atoms in total. The van der Waals surface area contributed by atoms with E-state index in [1.807, 2.05) is 31.7 Å². The maximum Gasteiger partial charge on any atom is 0.242 e. The van der Waals surface area contributed by atoms with Crippen LogP contribution in [0.25, 0.3) is 11.5 Å². The molecule has 0 saturated heterocycles. The maximum absolute atomic E-state index is 11.8. The van der Waals surface area contributed by atoms with Gasteiger partial charge in [0.05, 0.1) is 6.04 Å². The molecule has 2 aromatic rings. The van der Waals surface area contributed by atoms with Crippen LogP contribution in [0.15, 0.2) is 18.5 Å². The Hall–Kier alpha value is -1.86. The van der Waals surface area contributed by atoms with E-state index in [4.69, 9.17) is 5.73 Å². The molecule has 0 aliphatic heterocycles. The van der Waals surface area contributed by atoms with Gasteiger partial charge in [0.1, 0.15) is 5.69 Å². The maximum atomic E-state index is 11.8. The quantitative estimate of drug-likeness (QED) is 0.788. The van der Waals surface area contributed by atoms with Crippen molar-refractivity contribution in [1.82, 2.24) is 19.7 Å². The molecule has 0 aromatic carbocycles. The highest BCUT2D eigenvalue weighted by Crippen LogP contribution is 2.17. The fourth-order valence-corrected chi connectivity index (χ4v) is 1.64. The van der Waals surface area contributed by atoms with Gasteiger partial charge >= 0.3 is 0 Å². The molecule has 0 aliphatic rings. The fourth-order valence-electron chi connectivity index (χ4n) is 1.64. The van der Waals surface area contributed by atoms with E-state index in [9.17, 15) is 4.79 Å². The van der Waals surface area contributed by atoms with Gasteiger partial charge in [0.15, 0.2) is 11.6 Å². The van der Waals surface area contributed by atoms with Crippen LogP contribution in [0.1, 0.15) is 13.8 Å². The highest BCUT2D eigenvalue weighted by Gasteiger charge is 2.18. The summed E-state index contributed by atoms with van der Waals surface area (Å²) in [4.78, 5) is 16.0. The number of hydrogen-bond acceptors (Lipinski definition) is 4. The predicted molar refractivity (Wildman–Crippen MR) is 79.5 cm³/mol. The van der Waals surface area contributed by atoms with Crippen molar-refractivity contribution in [3.63, 3.8) is 0 Å². The number of rotatable bonds is 4. The topological polar surface area (TPSA) is 102 Å². The minimum Gasteiger partial charge on any atom is -0.333 e. The number of imidazole rings is 1. The molecule has 110 valence electrons. The van der Waals surface area contributed by atoms with Crippen LogP contribution in [-0.2, 0) is 11.8 Å². The van der Waals surface area contributed by atoms with Crippen LogP contribution in [0.5, 0.6) is 0 Å². The summed E-state index contributed by atoms with van der Waals surface area (Å²) < 4.78 is 1.86. The zero-order valence-corrected chi connectivity index (χ0v) is 12.4. The van der Waals surface area contributed by atoms with Crippen molar-refractivity contribution in [3.8, 4) is 11.5 Å². The van der Waals surface area contributed by atoms with Gasteiger partial charge < -0.3 is 15.6 Å². The number of anilines is 1. The second-order valence-corrected chi connectivity index (χ2v) is 4.79. The Bertz CT molecular complexity index is 576. The lowest BCUT2D eigenvalue weighted by molar-refractivity contribution is -0.118. The molecule has 0 radical (unpaired) electrons. The van der Waals surface area contributed by atoms with Crippen molar-refractivity contribution < 1.29 is 4.79 Å². The summed E-state index contributed by atoms with van der Waals surface area (Å²) in [6.07, 6.45) is 3.53. The van der Waals surface area contributed by atoms with Gasteiger partial charge in [0, 0.05) is 25.5 Å². The molecule has 8 heteroatoms. The van der Waals surface area contributed by atoms with E-state index in [1.54, 1.807) is 12.3 Å². The molecule has 0 fully saturated rings. The normalized spacial score (nSPS) is 12.1. The Morgan fingerprint density at radius 2 is 2.20 bits per heavy atom. The SMILES string of the molecule is CC(C)[C@H](N)C(=O)Nc1cc(-c2nccn2C)[nH]n1.Cl. The summed E-state index contributed by atoms with van der Waals surface area (Å²) in [6.45, 7) is 3.79. The van der Waals surface area contributed by atoms with Crippen LogP contribution in [0, 0.1) is 5.92 Å². The monoisotopic (exact) mass is 298 g/mol. The summed E-state index contributed by atoms with van der Waals surface area (Å²) in [5.41, 5.74) is 6.50. The average Bonchev–Trinajstić information content (AvgIpc) is 2.96. The molecular formula is C12H19ClN6O. The van der Waals surface area contributed by atoms with E-state index in [0.29, 0.717) is 5.82 Å². The molecule has 2 aromatic heterocycles. The number of hydrogen-bond donors (Lipinski definition) is 3. The van der Waals surface area contributed by atoms with Gasteiger partial charge in [-0.1, -0.05) is 13.8 Å². The van der Waals surface area contributed by atoms with Gasteiger partial charge in [0.25, 0.3) is 0 Å². The number of halogens is 1. The Morgan fingerprint density at radius 1 is 1.50 bits per heavy atom. The van der Waals surface area contributed by atoms with Gasteiger partial charge in [-0.05, 0) is 5.92 Å². The van der Waals surface area contributed by atoms with Crippen molar-refractivity contribution >= 4 is 24.1 Å². The van der Waals surface area contributed by atoms with Gasteiger partial charge in [0.2, 0.25) is 5.91 Å². The largest absolute Gasteiger partial charge is 0.333 e. The first-order valence-electron chi connectivity index (χ1n) is 6.08. The van der Waals surface area contributed by atoms with E-state index >= 15 is 0 Å². The number of carbonyl (C=O) groups is 1. The van der Waals surface area contributed by atoms with Crippen LogP contribution in [0.2, 0.25) is 0 Å². The van der Waals surface area contributed by atoms with E-state index in [-0.39, 0.29) is 24.2 Å². The first-order valence-corrected chi connectivity index (χ1v) is 6.08. The molecule has 0 aliphatic carbocycles. The number of nitrogens with one attached hydrogen (secondary N) is 2. The van der Waals surface area contributed by atoms with Crippen LogP contribution in [0.3, 0.4) is 0 Å². The molecule has 2 heterocycles. The van der Waals surface area contributed by atoms with Gasteiger partial charge in [-0.25, -0.2) is 4.98 Å². The molecule has 0 saturated carbocycles. The fraction of sp³-hybridized carbons (Fsp3) is 0.417. The third kappa shape index (κ3) is 3.37. The molecule has 1 amide bonds. The molecule has 0 bridgehead atoms. The minimum absolute atomic E-state index is 0. The molecule has 2 rings (SSSR count). The van der Waals surface area contributed by atoms with Gasteiger partial charge in [-0.3, -0.25) is 9.89 Å². The second kappa shape index (κ2) is 6.53. The van der Waals surface area contributed by atoms with Crippen molar-refractivity contribution in [2.45, 2.75) is 19.9 Å². The number of amides is 1. The molecular weight excluding hydrogens is 280 g/mol. The van der Waals surface area contributed by atoms with Crippen molar-refractivity contribution in [2.75, 3.05) is 5.32 Å². The third-order valence-corrected chi connectivity index (χ3v) is 2.91. The highest BCUT2D eigenvalue weighted by atomic mass is 35.5. The zero-order chi connectivity index (χ0) is 14.0. The van der Waals surface area contributed by atoms with E-state index in [0.717, 1.165) is 11.5 Å². The Kier molecular flexibility index (Phi) is 5.29. The van der Waals surface area contributed by atoms with Crippen LogP contribution >= 0.6 is 12.4 Å². The second-order valence-electron chi connectivity index (χ2n) is 4.79. The first-order chi connectivity index (χ1) is 8.99. The van der Waals surface area contributed by atoms with Crippen LogP contribution < -0.4 is 11.1 Å². The number of aromatic nitrogens is 4. The number of aromatic amines is 1. The van der Waals surface area contributed by atoms with Crippen molar-refractivity contribution in [1.29, 1.82) is 0 Å². The van der Waals surface area contributed by atoms with Gasteiger partial charge in [-0.2, -0.15) is 5.10 Å². The number of H-pyrrole nitrogens is 1. The van der Waals surface area contributed by atoms with Crippen LogP contribution in [-0.4, -0.2) is 31.7 Å². The Morgan fingerprint density at radius 3 is 2.75 bits per heavy atom. The molecule has 0 unspecified atom stereocenters. The lowest BCUT2D eigenvalue weighted by Gasteiger charge is -2.13. The lowest BCUT2D eigenvalue weighted by Crippen LogP contribution is -2.39. The summed E-state index contributed by atoms with van der Waals surface area (Å²) in [6, 6.07) is 1.18. The summed E-state index contributed by atoms with van der Waals surface area (Å²) in [5.74, 6) is 1.03. The van der Waals surface area contributed by atoms with Crippen LogP contribution in [0.4, 0.5) is 5.82 Å². The predicted octanol–water partition coefficient (Wildman–Crippen LogP) is 1.15. The van der Waals surface area contributed by atoms with Gasteiger partial charge in [-0.15, -0.1) is 12.4 Å². The zero-order valence-electron chi connectivity index (χ0n) is 11.6.